The lowest BCUT2D eigenvalue weighted by molar-refractivity contribution is -0.115. The Bertz CT molecular complexity index is 540. The van der Waals surface area contributed by atoms with Gasteiger partial charge in [0.1, 0.15) is 5.82 Å². The van der Waals surface area contributed by atoms with Crippen molar-refractivity contribution in [2.75, 3.05) is 10.6 Å². The maximum atomic E-state index is 11.8. The zero-order valence-electron chi connectivity index (χ0n) is 9.80. The van der Waals surface area contributed by atoms with Crippen molar-refractivity contribution < 1.29 is 4.79 Å². The van der Waals surface area contributed by atoms with E-state index in [4.69, 9.17) is 17.3 Å². The van der Waals surface area contributed by atoms with Crippen LogP contribution in [0.3, 0.4) is 0 Å². The van der Waals surface area contributed by atoms with Crippen molar-refractivity contribution in [2.45, 2.75) is 6.92 Å². The van der Waals surface area contributed by atoms with Gasteiger partial charge in [0.2, 0.25) is 5.91 Å². The van der Waals surface area contributed by atoms with E-state index in [-0.39, 0.29) is 5.91 Å². The molecule has 0 aliphatic heterocycles. The van der Waals surface area contributed by atoms with E-state index in [2.05, 4.69) is 4.98 Å². The summed E-state index contributed by atoms with van der Waals surface area (Å²) in [5, 5.41) is 0.558. The van der Waals surface area contributed by atoms with Crippen LogP contribution in [0.5, 0.6) is 0 Å². The molecule has 0 unspecified atom stereocenters. The molecule has 2 rings (SSSR count). The highest BCUT2D eigenvalue weighted by Crippen LogP contribution is 2.27. The predicted molar refractivity (Wildman–Crippen MR) is 72.9 cm³/mol. The molecule has 1 aromatic heterocycles. The van der Waals surface area contributed by atoms with Crippen molar-refractivity contribution in [1.29, 1.82) is 0 Å². The predicted octanol–water partition coefficient (Wildman–Crippen LogP) is 3.00. The Morgan fingerprint density at radius 3 is 2.72 bits per heavy atom. The molecule has 0 saturated carbocycles. The third kappa shape index (κ3) is 2.60. The van der Waals surface area contributed by atoms with Gasteiger partial charge >= 0.3 is 0 Å². The van der Waals surface area contributed by atoms with Gasteiger partial charge in [0.15, 0.2) is 0 Å². The Morgan fingerprint density at radius 2 is 2.11 bits per heavy atom. The fraction of sp³-hybridized carbons (Fsp3) is 0.0769. The summed E-state index contributed by atoms with van der Waals surface area (Å²) >= 11 is 5.93. The number of nitrogen functional groups attached to an aromatic ring is 1. The number of amides is 1. The molecule has 92 valence electrons. The first-order valence-corrected chi connectivity index (χ1v) is 5.73. The lowest BCUT2D eigenvalue weighted by atomic mass is 10.2. The number of hydrogen-bond acceptors (Lipinski definition) is 3. The molecule has 0 radical (unpaired) electrons. The normalized spacial score (nSPS) is 10.1. The number of anilines is 3. The largest absolute Gasteiger partial charge is 0.399 e. The van der Waals surface area contributed by atoms with E-state index in [0.29, 0.717) is 22.2 Å². The van der Waals surface area contributed by atoms with E-state index in [1.54, 1.807) is 42.6 Å². The SMILES string of the molecule is CC(=O)N(c1cccc(Cl)c1)c1cc(N)ccn1. The third-order valence-corrected chi connectivity index (χ3v) is 2.62. The quantitative estimate of drug-likeness (QED) is 0.904. The maximum Gasteiger partial charge on any atom is 0.229 e. The highest BCUT2D eigenvalue weighted by molar-refractivity contribution is 6.31. The first-order chi connectivity index (χ1) is 8.58. The third-order valence-electron chi connectivity index (χ3n) is 2.38. The molecule has 0 aliphatic carbocycles. The van der Waals surface area contributed by atoms with Crippen LogP contribution in [0.1, 0.15) is 6.92 Å². The van der Waals surface area contributed by atoms with Crippen LogP contribution in [-0.4, -0.2) is 10.9 Å². The Balaban J connectivity index is 2.50. The van der Waals surface area contributed by atoms with E-state index >= 15 is 0 Å². The molecule has 0 aliphatic rings. The van der Waals surface area contributed by atoms with Crippen LogP contribution in [0.2, 0.25) is 5.02 Å². The van der Waals surface area contributed by atoms with Gasteiger partial charge in [-0.05, 0) is 24.3 Å². The van der Waals surface area contributed by atoms with Gasteiger partial charge in [-0.3, -0.25) is 9.69 Å². The fourth-order valence-corrected chi connectivity index (χ4v) is 1.83. The van der Waals surface area contributed by atoms with Gasteiger partial charge in [-0.15, -0.1) is 0 Å². The van der Waals surface area contributed by atoms with Crippen LogP contribution in [0.15, 0.2) is 42.6 Å². The molecule has 1 aromatic carbocycles. The summed E-state index contributed by atoms with van der Waals surface area (Å²) < 4.78 is 0. The molecular weight excluding hydrogens is 250 g/mol. The van der Waals surface area contributed by atoms with Crippen LogP contribution in [-0.2, 0) is 4.79 Å². The maximum absolute atomic E-state index is 11.8. The van der Waals surface area contributed by atoms with Crippen LogP contribution < -0.4 is 10.6 Å². The van der Waals surface area contributed by atoms with E-state index in [0.717, 1.165) is 0 Å². The number of pyridine rings is 1. The average Bonchev–Trinajstić information content (AvgIpc) is 2.28. The number of nitrogens with zero attached hydrogens (tertiary/aromatic N) is 2. The molecule has 0 fully saturated rings. The highest BCUT2D eigenvalue weighted by Gasteiger charge is 2.15. The van der Waals surface area contributed by atoms with Gasteiger partial charge in [-0.2, -0.15) is 0 Å². The van der Waals surface area contributed by atoms with Gasteiger partial charge in [0, 0.05) is 29.9 Å². The topological polar surface area (TPSA) is 59.2 Å². The number of halogens is 1. The minimum atomic E-state index is -0.157. The summed E-state index contributed by atoms with van der Waals surface area (Å²) in [5.74, 6) is 0.320. The molecule has 0 bridgehead atoms. The van der Waals surface area contributed by atoms with Crippen LogP contribution in [0.4, 0.5) is 17.2 Å². The number of benzene rings is 1. The summed E-state index contributed by atoms with van der Waals surface area (Å²) in [4.78, 5) is 17.4. The lowest BCUT2D eigenvalue weighted by Crippen LogP contribution is -2.23. The minimum absolute atomic E-state index is 0.157. The highest BCUT2D eigenvalue weighted by atomic mass is 35.5. The van der Waals surface area contributed by atoms with Crippen molar-refractivity contribution >= 4 is 34.7 Å². The van der Waals surface area contributed by atoms with Gasteiger partial charge in [0.25, 0.3) is 0 Å². The second kappa shape index (κ2) is 5.06. The zero-order chi connectivity index (χ0) is 13.1. The Morgan fingerprint density at radius 1 is 1.33 bits per heavy atom. The molecule has 2 aromatic rings. The second-order valence-electron chi connectivity index (χ2n) is 3.78. The molecule has 1 heterocycles. The number of carbonyl (C=O) groups excluding carboxylic acids is 1. The number of carbonyl (C=O) groups is 1. The molecule has 4 nitrogen and oxygen atoms in total. The molecule has 5 heteroatoms. The van der Waals surface area contributed by atoms with Crippen molar-refractivity contribution in [3.05, 3.63) is 47.6 Å². The van der Waals surface area contributed by atoms with Crippen LogP contribution >= 0.6 is 11.6 Å². The Hall–Kier alpha value is -2.07. The summed E-state index contributed by atoms with van der Waals surface area (Å²) in [6.07, 6.45) is 1.56. The van der Waals surface area contributed by atoms with E-state index in [1.165, 1.54) is 11.8 Å². The van der Waals surface area contributed by atoms with Crippen molar-refractivity contribution in [1.82, 2.24) is 4.98 Å². The Kier molecular flexibility index (Phi) is 3.48. The van der Waals surface area contributed by atoms with Crippen LogP contribution in [0.25, 0.3) is 0 Å². The fourth-order valence-electron chi connectivity index (χ4n) is 1.65. The standard InChI is InChI=1S/C13H12ClN3O/c1-9(18)17(12-4-2-3-10(14)7-12)13-8-11(15)5-6-16-13/h2-8H,1H3,(H2,15,16). The number of rotatable bonds is 2. The van der Waals surface area contributed by atoms with Crippen molar-refractivity contribution in [3.8, 4) is 0 Å². The first kappa shape index (κ1) is 12.4. The van der Waals surface area contributed by atoms with Gasteiger partial charge in [0.05, 0.1) is 5.69 Å². The molecule has 2 N–H and O–H groups in total. The summed E-state index contributed by atoms with van der Waals surface area (Å²) in [6, 6.07) is 10.3. The van der Waals surface area contributed by atoms with Crippen molar-refractivity contribution in [3.63, 3.8) is 0 Å². The van der Waals surface area contributed by atoms with E-state index in [9.17, 15) is 4.79 Å². The summed E-state index contributed by atoms with van der Waals surface area (Å²) in [7, 11) is 0. The smallest absolute Gasteiger partial charge is 0.229 e. The molecule has 0 atom stereocenters. The van der Waals surface area contributed by atoms with E-state index < -0.39 is 0 Å². The average molecular weight is 262 g/mol. The van der Waals surface area contributed by atoms with Gasteiger partial charge in [-0.25, -0.2) is 4.98 Å². The minimum Gasteiger partial charge on any atom is -0.399 e. The van der Waals surface area contributed by atoms with Crippen LogP contribution in [0, 0.1) is 0 Å². The monoisotopic (exact) mass is 261 g/mol. The van der Waals surface area contributed by atoms with E-state index in [1.807, 2.05) is 0 Å². The Labute approximate surface area is 110 Å². The number of aromatic nitrogens is 1. The van der Waals surface area contributed by atoms with Crippen molar-refractivity contribution in [2.24, 2.45) is 0 Å². The summed E-state index contributed by atoms with van der Waals surface area (Å²) in [6.45, 7) is 1.46. The zero-order valence-corrected chi connectivity index (χ0v) is 10.6. The lowest BCUT2D eigenvalue weighted by Gasteiger charge is -2.20. The van der Waals surface area contributed by atoms with Gasteiger partial charge < -0.3 is 5.73 Å². The first-order valence-electron chi connectivity index (χ1n) is 5.36. The molecular formula is C13H12ClN3O. The number of hydrogen-bond donors (Lipinski definition) is 1. The summed E-state index contributed by atoms with van der Waals surface area (Å²) in [5.41, 5.74) is 6.91. The van der Waals surface area contributed by atoms with Gasteiger partial charge in [-0.1, -0.05) is 17.7 Å². The molecule has 0 spiro atoms. The number of nitrogens with two attached hydrogens (primary N) is 1. The molecule has 0 saturated heterocycles. The molecule has 1 amide bonds. The second-order valence-corrected chi connectivity index (χ2v) is 4.22. The molecule has 18 heavy (non-hydrogen) atoms.